The van der Waals surface area contributed by atoms with Crippen molar-refractivity contribution in [2.45, 2.75) is 13.5 Å². The minimum absolute atomic E-state index is 0.742. The van der Waals surface area contributed by atoms with Crippen molar-refractivity contribution in [3.05, 3.63) is 29.3 Å². The van der Waals surface area contributed by atoms with Gasteiger partial charge < -0.3 is 19.9 Å². The summed E-state index contributed by atoms with van der Waals surface area (Å²) in [4.78, 5) is 3.45. The van der Waals surface area contributed by atoms with E-state index in [0.29, 0.717) is 0 Å². The number of quaternary nitrogens is 1. The number of likely N-dealkylation sites (N-methyl/N-ethyl adjacent to an activating group) is 1. The maximum atomic E-state index is 5.40. The molecule has 0 saturated carbocycles. The monoisotopic (exact) mass is 296 g/mol. The highest BCUT2D eigenvalue weighted by atomic mass is 32.1. The fourth-order valence-corrected chi connectivity index (χ4v) is 2.08. The van der Waals surface area contributed by atoms with Gasteiger partial charge in [-0.05, 0) is 25.2 Å². The first-order valence-electron chi connectivity index (χ1n) is 6.85. The molecule has 0 bridgehead atoms. The Kier molecular flexibility index (Phi) is 6.75. The summed E-state index contributed by atoms with van der Waals surface area (Å²) in [7, 11) is 7.96. The molecule has 0 heterocycles. The number of aryl methyl sites for hydroxylation is 1. The Balaban J connectivity index is 2.58. The SMILES string of the molecule is COc1ccc(C)cc1CN(C)C(=S)NCC[NH+](C)C. The average Bonchev–Trinajstić information content (AvgIpc) is 2.38. The minimum atomic E-state index is 0.742. The molecule has 4 nitrogen and oxygen atoms in total. The first-order valence-corrected chi connectivity index (χ1v) is 7.26. The second-order valence-corrected chi connectivity index (χ2v) is 5.75. The largest absolute Gasteiger partial charge is 0.496 e. The number of benzene rings is 1. The zero-order valence-electron chi connectivity index (χ0n) is 13.1. The molecule has 0 atom stereocenters. The van der Waals surface area contributed by atoms with E-state index in [4.69, 9.17) is 17.0 Å². The van der Waals surface area contributed by atoms with Crippen LogP contribution in [0.4, 0.5) is 0 Å². The van der Waals surface area contributed by atoms with Crippen molar-refractivity contribution in [3.63, 3.8) is 0 Å². The van der Waals surface area contributed by atoms with E-state index in [1.54, 1.807) is 7.11 Å². The van der Waals surface area contributed by atoms with Crippen LogP contribution < -0.4 is 15.0 Å². The summed E-state index contributed by atoms with van der Waals surface area (Å²) in [5.74, 6) is 0.906. The molecule has 0 aliphatic rings. The molecule has 0 amide bonds. The highest BCUT2D eigenvalue weighted by molar-refractivity contribution is 7.80. The van der Waals surface area contributed by atoms with Gasteiger partial charge in [-0.25, -0.2) is 0 Å². The van der Waals surface area contributed by atoms with Crippen LogP contribution in [0, 0.1) is 6.92 Å². The molecule has 0 aliphatic carbocycles. The van der Waals surface area contributed by atoms with E-state index < -0.39 is 0 Å². The summed E-state index contributed by atoms with van der Waals surface area (Å²) >= 11 is 5.40. The molecule has 1 aromatic rings. The van der Waals surface area contributed by atoms with Crippen molar-refractivity contribution < 1.29 is 9.64 Å². The quantitative estimate of drug-likeness (QED) is 0.746. The van der Waals surface area contributed by atoms with Crippen LogP contribution in [0.15, 0.2) is 18.2 Å². The highest BCUT2D eigenvalue weighted by Gasteiger charge is 2.09. The maximum Gasteiger partial charge on any atom is 0.169 e. The normalized spacial score (nSPS) is 10.5. The number of hydrogen-bond donors (Lipinski definition) is 2. The van der Waals surface area contributed by atoms with Gasteiger partial charge in [0.15, 0.2) is 5.11 Å². The van der Waals surface area contributed by atoms with Gasteiger partial charge in [0, 0.05) is 19.2 Å². The summed E-state index contributed by atoms with van der Waals surface area (Å²) < 4.78 is 5.40. The van der Waals surface area contributed by atoms with Crippen LogP contribution in [0.2, 0.25) is 0 Å². The Morgan fingerprint density at radius 2 is 2.10 bits per heavy atom. The third kappa shape index (κ3) is 5.35. The van der Waals surface area contributed by atoms with E-state index in [1.807, 2.05) is 18.0 Å². The second kappa shape index (κ2) is 8.07. The smallest absolute Gasteiger partial charge is 0.169 e. The van der Waals surface area contributed by atoms with Crippen LogP contribution in [-0.4, -0.2) is 51.4 Å². The molecular weight excluding hydrogens is 270 g/mol. The van der Waals surface area contributed by atoms with Crippen molar-refractivity contribution in [2.75, 3.05) is 41.3 Å². The minimum Gasteiger partial charge on any atom is -0.496 e. The van der Waals surface area contributed by atoms with Crippen LogP contribution in [-0.2, 0) is 6.54 Å². The summed E-state index contributed by atoms with van der Waals surface area (Å²) in [6.45, 7) is 4.75. The molecule has 112 valence electrons. The van der Waals surface area contributed by atoms with E-state index in [9.17, 15) is 0 Å². The van der Waals surface area contributed by atoms with Gasteiger partial charge in [0.05, 0.1) is 34.3 Å². The van der Waals surface area contributed by atoms with Crippen molar-refractivity contribution >= 4 is 17.3 Å². The third-order valence-corrected chi connectivity index (χ3v) is 3.55. The van der Waals surface area contributed by atoms with Gasteiger partial charge >= 0.3 is 0 Å². The molecule has 0 aromatic heterocycles. The van der Waals surface area contributed by atoms with Gasteiger partial charge in [0.25, 0.3) is 0 Å². The lowest BCUT2D eigenvalue weighted by molar-refractivity contribution is -0.856. The molecule has 0 fully saturated rings. The predicted octanol–water partition coefficient (Wildman–Crippen LogP) is 0.454. The number of rotatable bonds is 6. The first kappa shape index (κ1) is 16.7. The lowest BCUT2D eigenvalue weighted by Gasteiger charge is -2.22. The molecule has 1 rings (SSSR count). The molecule has 0 saturated heterocycles. The van der Waals surface area contributed by atoms with Crippen LogP contribution in [0.25, 0.3) is 0 Å². The van der Waals surface area contributed by atoms with Gasteiger partial charge in [-0.1, -0.05) is 17.7 Å². The maximum absolute atomic E-state index is 5.40. The molecular formula is C15H26N3OS+. The number of ether oxygens (including phenoxy) is 1. The number of nitrogens with one attached hydrogen (secondary N) is 2. The Labute approximate surface area is 127 Å². The molecule has 0 radical (unpaired) electrons. The molecule has 2 N–H and O–H groups in total. The van der Waals surface area contributed by atoms with E-state index in [-0.39, 0.29) is 0 Å². The standard InChI is InChI=1S/C15H25N3OS/c1-12-6-7-14(19-5)13(10-12)11-18(4)15(20)16-8-9-17(2)3/h6-7,10H,8-9,11H2,1-5H3,(H,16,20)/p+1. The van der Waals surface area contributed by atoms with Crippen molar-refractivity contribution in [1.29, 1.82) is 0 Å². The van der Waals surface area contributed by atoms with Gasteiger partial charge in [-0.3, -0.25) is 0 Å². The summed E-state index contributed by atoms with van der Waals surface area (Å²) in [6, 6.07) is 6.20. The van der Waals surface area contributed by atoms with Gasteiger partial charge in [0.2, 0.25) is 0 Å². The molecule has 20 heavy (non-hydrogen) atoms. The second-order valence-electron chi connectivity index (χ2n) is 5.36. The summed E-state index contributed by atoms with van der Waals surface area (Å²) in [6.07, 6.45) is 0. The van der Waals surface area contributed by atoms with E-state index in [0.717, 1.165) is 36.1 Å². The van der Waals surface area contributed by atoms with Gasteiger partial charge in [-0.2, -0.15) is 0 Å². The van der Waals surface area contributed by atoms with Crippen molar-refractivity contribution in [3.8, 4) is 5.75 Å². The van der Waals surface area contributed by atoms with Crippen LogP contribution in [0.1, 0.15) is 11.1 Å². The number of nitrogens with zero attached hydrogens (tertiary/aromatic N) is 1. The lowest BCUT2D eigenvalue weighted by atomic mass is 10.1. The first-order chi connectivity index (χ1) is 9.43. The zero-order valence-corrected chi connectivity index (χ0v) is 13.9. The van der Waals surface area contributed by atoms with Crippen LogP contribution in [0.5, 0.6) is 5.75 Å². The third-order valence-electron chi connectivity index (χ3n) is 3.09. The highest BCUT2D eigenvalue weighted by Crippen LogP contribution is 2.20. The van der Waals surface area contributed by atoms with E-state index >= 15 is 0 Å². The van der Waals surface area contributed by atoms with Gasteiger partial charge in [0.1, 0.15) is 5.75 Å². The predicted molar refractivity (Wildman–Crippen MR) is 87.5 cm³/mol. The topological polar surface area (TPSA) is 28.9 Å². The van der Waals surface area contributed by atoms with Crippen molar-refractivity contribution in [2.24, 2.45) is 0 Å². The summed E-state index contributed by atoms with van der Waals surface area (Å²) in [5, 5.41) is 4.05. The number of hydrogen-bond acceptors (Lipinski definition) is 2. The Morgan fingerprint density at radius 1 is 1.40 bits per heavy atom. The van der Waals surface area contributed by atoms with Gasteiger partial charge in [-0.15, -0.1) is 0 Å². The van der Waals surface area contributed by atoms with Crippen LogP contribution >= 0.6 is 12.2 Å². The summed E-state index contributed by atoms with van der Waals surface area (Å²) in [5.41, 5.74) is 2.38. The van der Waals surface area contributed by atoms with E-state index in [2.05, 4.69) is 38.5 Å². The number of methoxy groups -OCH3 is 1. The molecule has 0 unspecified atom stereocenters. The number of thiocarbonyl (C=S) groups is 1. The Hall–Kier alpha value is -1.33. The molecule has 1 aromatic carbocycles. The zero-order chi connectivity index (χ0) is 15.1. The fourth-order valence-electron chi connectivity index (χ4n) is 1.91. The lowest BCUT2D eigenvalue weighted by Crippen LogP contribution is -3.06. The Bertz CT molecular complexity index is 449. The van der Waals surface area contributed by atoms with Crippen LogP contribution in [0.3, 0.4) is 0 Å². The Morgan fingerprint density at radius 3 is 2.70 bits per heavy atom. The molecule has 5 heteroatoms. The molecule has 0 spiro atoms. The van der Waals surface area contributed by atoms with E-state index in [1.165, 1.54) is 10.5 Å². The molecule has 0 aliphatic heterocycles. The van der Waals surface area contributed by atoms with Crippen molar-refractivity contribution in [1.82, 2.24) is 10.2 Å². The average molecular weight is 296 g/mol. The fraction of sp³-hybridized carbons (Fsp3) is 0.533.